The van der Waals surface area contributed by atoms with Crippen LogP contribution in [0, 0.1) is 5.82 Å². The van der Waals surface area contributed by atoms with Crippen LogP contribution in [0.5, 0.6) is 11.5 Å². The van der Waals surface area contributed by atoms with Gasteiger partial charge in [-0.25, -0.2) is 4.39 Å². The second kappa shape index (κ2) is 8.84. The molecular formula is C19H19FO4. The fourth-order valence-electron chi connectivity index (χ4n) is 2.01. The van der Waals surface area contributed by atoms with Crippen LogP contribution in [0.15, 0.2) is 48.5 Å². The average Bonchev–Trinajstić information content (AvgIpc) is 2.60. The first-order valence-electron chi connectivity index (χ1n) is 7.42. The number of benzene rings is 2. The van der Waals surface area contributed by atoms with Crippen molar-refractivity contribution in [3.63, 3.8) is 0 Å². The molecule has 0 radical (unpaired) electrons. The molecular weight excluding hydrogens is 311 g/mol. The summed E-state index contributed by atoms with van der Waals surface area (Å²) in [6, 6.07) is 11.3. The SMILES string of the molecule is COCCOc1ccc(C(=O)C=Cc2ccc(OC)c(F)c2)cc1. The van der Waals surface area contributed by atoms with E-state index < -0.39 is 5.82 Å². The van der Waals surface area contributed by atoms with Crippen molar-refractivity contribution in [3.05, 3.63) is 65.5 Å². The number of allylic oxidation sites excluding steroid dienone is 1. The maximum Gasteiger partial charge on any atom is 0.185 e. The van der Waals surface area contributed by atoms with Gasteiger partial charge in [0, 0.05) is 12.7 Å². The van der Waals surface area contributed by atoms with E-state index >= 15 is 0 Å². The predicted octanol–water partition coefficient (Wildman–Crippen LogP) is 3.76. The summed E-state index contributed by atoms with van der Waals surface area (Å²) in [5.74, 6) is 0.201. The number of ketones is 1. The topological polar surface area (TPSA) is 44.8 Å². The molecule has 0 N–H and O–H groups in total. The summed E-state index contributed by atoms with van der Waals surface area (Å²) in [6.07, 6.45) is 2.97. The van der Waals surface area contributed by atoms with Crippen LogP contribution in [-0.4, -0.2) is 33.2 Å². The molecule has 2 aromatic carbocycles. The molecule has 0 saturated carbocycles. The molecule has 0 saturated heterocycles. The van der Waals surface area contributed by atoms with E-state index in [1.807, 2.05) is 0 Å². The van der Waals surface area contributed by atoms with Crippen LogP contribution in [-0.2, 0) is 4.74 Å². The average molecular weight is 330 g/mol. The number of hydrogen-bond donors (Lipinski definition) is 0. The smallest absolute Gasteiger partial charge is 0.185 e. The Morgan fingerprint density at radius 1 is 1.08 bits per heavy atom. The Labute approximate surface area is 140 Å². The summed E-state index contributed by atoms with van der Waals surface area (Å²) in [5.41, 5.74) is 1.11. The lowest BCUT2D eigenvalue weighted by Crippen LogP contribution is -2.04. The molecule has 126 valence electrons. The zero-order valence-corrected chi connectivity index (χ0v) is 13.6. The van der Waals surface area contributed by atoms with Gasteiger partial charge in [-0.05, 0) is 48.0 Å². The van der Waals surface area contributed by atoms with Gasteiger partial charge in [-0.15, -0.1) is 0 Å². The highest BCUT2D eigenvalue weighted by Gasteiger charge is 2.04. The van der Waals surface area contributed by atoms with Crippen molar-refractivity contribution in [2.45, 2.75) is 0 Å². The van der Waals surface area contributed by atoms with Gasteiger partial charge < -0.3 is 14.2 Å². The maximum absolute atomic E-state index is 13.6. The Kier molecular flexibility index (Phi) is 6.51. The molecule has 0 aliphatic rings. The Balaban J connectivity index is 1.99. The van der Waals surface area contributed by atoms with E-state index in [1.165, 1.54) is 25.3 Å². The van der Waals surface area contributed by atoms with Crippen LogP contribution in [0.25, 0.3) is 6.08 Å². The third kappa shape index (κ3) is 4.93. The van der Waals surface area contributed by atoms with Crippen LogP contribution < -0.4 is 9.47 Å². The highest BCUT2D eigenvalue weighted by Crippen LogP contribution is 2.19. The first-order chi connectivity index (χ1) is 11.6. The van der Waals surface area contributed by atoms with E-state index in [0.29, 0.717) is 30.1 Å². The molecule has 2 rings (SSSR count). The highest BCUT2D eigenvalue weighted by atomic mass is 19.1. The zero-order valence-electron chi connectivity index (χ0n) is 13.6. The molecule has 0 amide bonds. The Bertz CT molecular complexity index is 708. The summed E-state index contributed by atoms with van der Waals surface area (Å²) in [5, 5.41) is 0. The number of rotatable bonds is 8. The first kappa shape index (κ1) is 17.7. The van der Waals surface area contributed by atoms with Crippen molar-refractivity contribution < 1.29 is 23.4 Å². The number of ether oxygens (including phenoxy) is 3. The maximum atomic E-state index is 13.6. The van der Waals surface area contributed by atoms with E-state index in [9.17, 15) is 9.18 Å². The normalized spacial score (nSPS) is 10.8. The lowest BCUT2D eigenvalue weighted by Gasteiger charge is -2.05. The third-order valence-electron chi connectivity index (χ3n) is 3.30. The summed E-state index contributed by atoms with van der Waals surface area (Å²) in [6.45, 7) is 0.953. The molecule has 2 aromatic rings. The second-order valence-electron chi connectivity index (χ2n) is 4.96. The van der Waals surface area contributed by atoms with Gasteiger partial charge in [-0.1, -0.05) is 12.1 Å². The molecule has 0 spiro atoms. The fourth-order valence-corrected chi connectivity index (χ4v) is 2.01. The van der Waals surface area contributed by atoms with Gasteiger partial charge in [0.15, 0.2) is 17.3 Å². The van der Waals surface area contributed by atoms with Gasteiger partial charge in [0.2, 0.25) is 0 Å². The zero-order chi connectivity index (χ0) is 17.4. The molecule has 0 aliphatic carbocycles. The summed E-state index contributed by atoms with van der Waals surface area (Å²) in [4.78, 5) is 12.1. The van der Waals surface area contributed by atoms with E-state index in [-0.39, 0.29) is 11.5 Å². The van der Waals surface area contributed by atoms with Crippen molar-refractivity contribution >= 4 is 11.9 Å². The monoisotopic (exact) mass is 330 g/mol. The Morgan fingerprint density at radius 2 is 1.83 bits per heavy atom. The quantitative estimate of drug-likeness (QED) is 0.420. The van der Waals surface area contributed by atoms with Crippen LogP contribution in [0.1, 0.15) is 15.9 Å². The highest BCUT2D eigenvalue weighted by molar-refractivity contribution is 6.06. The third-order valence-corrected chi connectivity index (χ3v) is 3.30. The van der Waals surface area contributed by atoms with Crippen LogP contribution >= 0.6 is 0 Å². The molecule has 0 heterocycles. The Hall–Kier alpha value is -2.66. The number of halogens is 1. The number of carbonyl (C=O) groups is 1. The van der Waals surface area contributed by atoms with Crippen molar-refractivity contribution in [3.8, 4) is 11.5 Å². The van der Waals surface area contributed by atoms with E-state index in [1.54, 1.807) is 43.5 Å². The van der Waals surface area contributed by atoms with Gasteiger partial charge in [0.05, 0.1) is 13.7 Å². The van der Waals surface area contributed by atoms with Gasteiger partial charge in [0.1, 0.15) is 12.4 Å². The van der Waals surface area contributed by atoms with Crippen molar-refractivity contribution in [2.75, 3.05) is 27.4 Å². The lowest BCUT2D eigenvalue weighted by atomic mass is 10.1. The summed E-state index contributed by atoms with van der Waals surface area (Å²) in [7, 11) is 3.01. The van der Waals surface area contributed by atoms with Crippen LogP contribution in [0.3, 0.4) is 0 Å². The fraction of sp³-hybridized carbons (Fsp3) is 0.211. The van der Waals surface area contributed by atoms with Gasteiger partial charge in [-0.3, -0.25) is 4.79 Å². The van der Waals surface area contributed by atoms with E-state index in [2.05, 4.69) is 0 Å². The largest absolute Gasteiger partial charge is 0.494 e. The molecule has 0 bridgehead atoms. The van der Waals surface area contributed by atoms with Crippen LogP contribution in [0.4, 0.5) is 4.39 Å². The van der Waals surface area contributed by atoms with Crippen molar-refractivity contribution in [1.29, 1.82) is 0 Å². The molecule has 0 fully saturated rings. The van der Waals surface area contributed by atoms with Crippen molar-refractivity contribution in [1.82, 2.24) is 0 Å². The minimum Gasteiger partial charge on any atom is -0.494 e. The molecule has 4 nitrogen and oxygen atoms in total. The number of carbonyl (C=O) groups excluding carboxylic acids is 1. The van der Waals surface area contributed by atoms with Crippen molar-refractivity contribution in [2.24, 2.45) is 0 Å². The lowest BCUT2D eigenvalue weighted by molar-refractivity contribution is 0.104. The molecule has 5 heteroatoms. The summed E-state index contributed by atoms with van der Waals surface area (Å²) < 4.78 is 28.8. The van der Waals surface area contributed by atoms with Gasteiger partial charge in [0.25, 0.3) is 0 Å². The molecule has 0 aliphatic heterocycles. The second-order valence-corrected chi connectivity index (χ2v) is 4.96. The minimum absolute atomic E-state index is 0.169. The molecule has 0 unspecified atom stereocenters. The summed E-state index contributed by atoms with van der Waals surface area (Å²) >= 11 is 0. The number of methoxy groups -OCH3 is 2. The molecule has 24 heavy (non-hydrogen) atoms. The van der Waals surface area contributed by atoms with E-state index in [4.69, 9.17) is 14.2 Å². The molecule has 0 atom stereocenters. The molecule has 0 aromatic heterocycles. The number of hydrogen-bond acceptors (Lipinski definition) is 4. The van der Waals surface area contributed by atoms with Gasteiger partial charge in [-0.2, -0.15) is 0 Å². The van der Waals surface area contributed by atoms with Crippen LogP contribution in [0.2, 0.25) is 0 Å². The predicted molar refractivity (Wildman–Crippen MR) is 90.1 cm³/mol. The Morgan fingerprint density at radius 3 is 2.46 bits per heavy atom. The standard InChI is InChI=1S/C19H19FO4/c1-22-11-12-24-16-7-5-15(6-8-16)18(21)9-3-14-4-10-19(23-2)17(20)13-14/h3-10,13H,11-12H2,1-2H3. The minimum atomic E-state index is -0.468. The van der Waals surface area contributed by atoms with E-state index in [0.717, 1.165) is 0 Å². The van der Waals surface area contributed by atoms with Gasteiger partial charge >= 0.3 is 0 Å². The first-order valence-corrected chi connectivity index (χ1v) is 7.42.